The molecule has 0 saturated heterocycles. The molecule has 2 aliphatic rings. The highest BCUT2D eigenvalue weighted by atomic mass is 32.2. The van der Waals surface area contributed by atoms with E-state index in [4.69, 9.17) is 0 Å². The SMILES string of the molecule is Fc1ccc(S/C=C/C(=C/c2cccc(C(F)(F)F)c2)SC2CCC3CCCCC3C2)cc1. The molecule has 0 N–H and O–H groups in total. The Morgan fingerprint density at radius 3 is 2.42 bits per heavy atom. The lowest BCUT2D eigenvalue weighted by Crippen LogP contribution is -2.28. The van der Waals surface area contributed by atoms with Crippen LogP contribution in [0.2, 0.25) is 0 Å². The maximum atomic E-state index is 13.2. The molecule has 3 unspecified atom stereocenters. The van der Waals surface area contributed by atoms with E-state index in [0.717, 1.165) is 34.1 Å². The average molecular weight is 493 g/mol. The van der Waals surface area contributed by atoms with E-state index in [0.29, 0.717) is 10.8 Å². The minimum atomic E-state index is -4.36. The van der Waals surface area contributed by atoms with E-state index >= 15 is 0 Å². The summed E-state index contributed by atoms with van der Waals surface area (Å²) in [6.07, 6.45) is 8.41. The van der Waals surface area contributed by atoms with Crippen molar-refractivity contribution in [3.05, 3.63) is 81.9 Å². The summed E-state index contributed by atoms with van der Waals surface area (Å²) in [5.41, 5.74) is -0.0805. The number of rotatable bonds is 6. The highest BCUT2D eigenvalue weighted by Crippen LogP contribution is 2.45. The van der Waals surface area contributed by atoms with Crippen LogP contribution in [0.15, 0.2) is 69.8 Å². The second-order valence-corrected chi connectivity index (χ2v) is 11.3. The molecule has 2 aromatic carbocycles. The zero-order valence-electron chi connectivity index (χ0n) is 18.4. The highest BCUT2D eigenvalue weighted by molar-refractivity contribution is 8.04. The summed E-state index contributed by atoms with van der Waals surface area (Å²) < 4.78 is 52.7. The minimum Gasteiger partial charge on any atom is -0.207 e. The number of fused-ring (bicyclic) bond motifs is 1. The first-order chi connectivity index (χ1) is 15.9. The third kappa shape index (κ3) is 7.16. The second-order valence-electron chi connectivity index (χ2n) is 8.90. The van der Waals surface area contributed by atoms with Crippen LogP contribution in [0.25, 0.3) is 6.08 Å². The molecule has 0 heterocycles. The van der Waals surface area contributed by atoms with Crippen LogP contribution in [0, 0.1) is 17.7 Å². The van der Waals surface area contributed by atoms with Gasteiger partial charge in [0, 0.05) is 15.1 Å². The number of hydrogen-bond acceptors (Lipinski definition) is 2. The lowest BCUT2D eigenvalue weighted by molar-refractivity contribution is -0.137. The van der Waals surface area contributed by atoms with Crippen LogP contribution in [-0.2, 0) is 6.18 Å². The van der Waals surface area contributed by atoms with Gasteiger partial charge in [-0.25, -0.2) is 4.39 Å². The predicted octanol–water partition coefficient (Wildman–Crippen LogP) is 9.58. The van der Waals surface area contributed by atoms with Crippen LogP contribution < -0.4 is 0 Å². The highest BCUT2D eigenvalue weighted by Gasteiger charge is 2.33. The van der Waals surface area contributed by atoms with Gasteiger partial charge < -0.3 is 0 Å². The Balaban J connectivity index is 1.51. The number of hydrogen-bond donors (Lipinski definition) is 0. The Hall–Kier alpha value is -1.66. The van der Waals surface area contributed by atoms with E-state index in [1.165, 1.54) is 74.6 Å². The zero-order valence-corrected chi connectivity index (χ0v) is 20.0. The molecular weight excluding hydrogens is 464 g/mol. The maximum absolute atomic E-state index is 13.2. The van der Waals surface area contributed by atoms with E-state index in [1.54, 1.807) is 30.0 Å². The molecule has 33 heavy (non-hydrogen) atoms. The van der Waals surface area contributed by atoms with E-state index in [2.05, 4.69) is 0 Å². The van der Waals surface area contributed by atoms with Crippen molar-refractivity contribution in [2.75, 3.05) is 0 Å². The third-order valence-corrected chi connectivity index (χ3v) is 8.67. The van der Waals surface area contributed by atoms with Gasteiger partial charge in [-0.15, -0.1) is 11.8 Å². The number of thioether (sulfide) groups is 2. The molecule has 6 heteroatoms. The second kappa shape index (κ2) is 11.2. The molecule has 0 bridgehead atoms. The fourth-order valence-electron chi connectivity index (χ4n) is 4.91. The largest absolute Gasteiger partial charge is 0.416 e. The fraction of sp³-hybridized carbons (Fsp3) is 0.407. The van der Waals surface area contributed by atoms with Crippen LogP contribution in [0.5, 0.6) is 0 Å². The summed E-state index contributed by atoms with van der Waals surface area (Å²) in [6.45, 7) is 0. The van der Waals surface area contributed by atoms with Gasteiger partial charge in [0.25, 0.3) is 0 Å². The lowest BCUT2D eigenvalue weighted by atomic mass is 9.71. The summed E-state index contributed by atoms with van der Waals surface area (Å²) in [7, 11) is 0. The van der Waals surface area contributed by atoms with Crippen LogP contribution in [0.1, 0.15) is 56.1 Å². The van der Waals surface area contributed by atoms with Gasteiger partial charge >= 0.3 is 6.18 Å². The molecule has 0 spiro atoms. The summed E-state index contributed by atoms with van der Waals surface area (Å²) in [6, 6.07) is 11.8. The molecule has 0 nitrogen and oxygen atoms in total. The zero-order chi connectivity index (χ0) is 23.3. The van der Waals surface area contributed by atoms with Crippen molar-refractivity contribution in [2.24, 2.45) is 11.8 Å². The molecule has 0 amide bonds. The van der Waals surface area contributed by atoms with Gasteiger partial charge in [-0.05, 0) is 90.6 Å². The van der Waals surface area contributed by atoms with Gasteiger partial charge in [-0.3, -0.25) is 0 Å². The van der Waals surface area contributed by atoms with Crippen molar-refractivity contribution in [3.8, 4) is 0 Å². The molecule has 2 fully saturated rings. The molecule has 2 saturated carbocycles. The first kappa shape index (κ1) is 24.5. The van der Waals surface area contributed by atoms with Crippen molar-refractivity contribution in [1.82, 2.24) is 0 Å². The van der Waals surface area contributed by atoms with Crippen molar-refractivity contribution >= 4 is 29.6 Å². The minimum absolute atomic E-state index is 0.276. The number of benzene rings is 2. The Morgan fingerprint density at radius 2 is 1.67 bits per heavy atom. The summed E-state index contributed by atoms with van der Waals surface area (Å²) in [4.78, 5) is 1.88. The topological polar surface area (TPSA) is 0 Å². The monoisotopic (exact) mass is 492 g/mol. The summed E-state index contributed by atoms with van der Waals surface area (Å²) in [5.74, 6) is 1.37. The standard InChI is InChI=1S/C27H28F4S2/c28-23-9-12-24(13-10-23)32-15-14-26(17-19-4-3-7-22(16-19)27(29,30)31)33-25-11-8-20-5-1-2-6-21(20)18-25/h3-4,7,9-10,12-17,20-21,25H,1-2,5-6,8,11,18H2/b15-14+,26-17-. The normalized spacial score (nSPS) is 24.1. The average Bonchev–Trinajstić information content (AvgIpc) is 2.80. The van der Waals surface area contributed by atoms with Gasteiger partial charge in [0.15, 0.2) is 0 Å². The third-order valence-electron chi connectivity index (χ3n) is 6.57. The molecule has 0 aliphatic heterocycles. The van der Waals surface area contributed by atoms with Gasteiger partial charge in [0.05, 0.1) is 5.56 Å². The molecule has 176 valence electrons. The number of halogens is 4. The van der Waals surface area contributed by atoms with E-state index in [1.807, 2.05) is 17.6 Å². The summed E-state index contributed by atoms with van der Waals surface area (Å²) >= 11 is 3.26. The first-order valence-electron chi connectivity index (χ1n) is 11.5. The molecular formula is C27H28F4S2. The Morgan fingerprint density at radius 1 is 0.909 bits per heavy atom. The van der Waals surface area contributed by atoms with Crippen molar-refractivity contribution in [2.45, 2.75) is 61.3 Å². The number of alkyl halides is 3. The van der Waals surface area contributed by atoms with E-state index in [-0.39, 0.29) is 5.82 Å². The Bertz CT molecular complexity index is 978. The van der Waals surface area contributed by atoms with Crippen molar-refractivity contribution < 1.29 is 17.6 Å². The Labute approximate surface area is 201 Å². The van der Waals surface area contributed by atoms with Crippen molar-refractivity contribution in [1.29, 1.82) is 0 Å². The van der Waals surface area contributed by atoms with Gasteiger partial charge in [0.1, 0.15) is 5.82 Å². The van der Waals surface area contributed by atoms with Crippen molar-refractivity contribution in [3.63, 3.8) is 0 Å². The Kier molecular flexibility index (Phi) is 8.29. The molecule has 4 rings (SSSR count). The van der Waals surface area contributed by atoms with Crippen LogP contribution in [0.4, 0.5) is 17.6 Å². The smallest absolute Gasteiger partial charge is 0.207 e. The quantitative estimate of drug-likeness (QED) is 0.224. The van der Waals surface area contributed by atoms with Gasteiger partial charge in [-0.1, -0.05) is 49.6 Å². The van der Waals surface area contributed by atoms with Crippen LogP contribution in [0.3, 0.4) is 0 Å². The molecule has 3 atom stereocenters. The summed E-state index contributed by atoms with van der Waals surface area (Å²) in [5, 5.41) is 2.42. The van der Waals surface area contributed by atoms with E-state index in [9.17, 15) is 17.6 Å². The number of allylic oxidation sites excluding steroid dienone is 1. The fourth-order valence-corrected chi connectivity index (χ4v) is 7.00. The predicted molar refractivity (Wildman–Crippen MR) is 131 cm³/mol. The molecule has 0 radical (unpaired) electrons. The lowest BCUT2D eigenvalue weighted by Gasteiger charge is -2.39. The van der Waals surface area contributed by atoms with Crippen LogP contribution in [-0.4, -0.2) is 5.25 Å². The first-order valence-corrected chi connectivity index (χ1v) is 13.3. The molecule has 2 aliphatic carbocycles. The van der Waals surface area contributed by atoms with Crippen LogP contribution >= 0.6 is 23.5 Å². The van der Waals surface area contributed by atoms with E-state index < -0.39 is 11.7 Å². The van der Waals surface area contributed by atoms with Gasteiger partial charge in [-0.2, -0.15) is 13.2 Å². The maximum Gasteiger partial charge on any atom is 0.416 e. The molecule has 2 aromatic rings. The van der Waals surface area contributed by atoms with Gasteiger partial charge in [0.2, 0.25) is 0 Å². The molecule has 0 aromatic heterocycles.